The molecule has 0 saturated heterocycles. The van der Waals surface area contributed by atoms with Crippen LogP contribution in [-0.4, -0.2) is 22.3 Å². The summed E-state index contributed by atoms with van der Waals surface area (Å²) in [5, 5.41) is 12.0. The summed E-state index contributed by atoms with van der Waals surface area (Å²) in [5.41, 5.74) is 9.59. The minimum Gasteiger partial charge on any atom is -0.398 e. The van der Waals surface area contributed by atoms with Crippen molar-refractivity contribution in [1.29, 1.82) is 0 Å². The Bertz CT molecular complexity index is 409. The number of nitrogens with one attached hydrogen (secondary N) is 2. The SMILES string of the molecule is NNC(=O)c1cccc(N)c1C(=O)NN.OO. The zero-order chi connectivity index (χ0) is 13.4. The van der Waals surface area contributed by atoms with Gasteiger partial charge in [-0.2, -0.15) is 0 Å². The van der Waals surface area contributed by atoms with Crippen LogP contribution in [0, 0.1) is 0 Å². The Morgan fingerprint density at radius 3 is 2.06 bits per heavy atom. The second kappa shape index (κ2) is 7.14. The van der Waals surface area contributed by atoms with E-state index in [2.05, 4.69) is 0 Å². The fourth-order valence-corrected chi connectivity index (χ4v) is 1.16. The van der Waals surface area contributed by atoms with Crippen LogP contribution in [0.5, 0.6) is 0 Å². The van der Waals surface area contributed by atoms with E-state index in [1.165, 1.54) is 18.2 Å². The number of hydrazine groups is 2. The number of benzene rings is 1. The third-order valence-electron chi connectivity index (χ3n) is 1.83. The average molecular weight is 243 g/mol. The number of nitrogen functional groups attached to an aromatic ring is 3. The van der Waals surface area contributed by atoms with Crippen LogP contribution in [0.1, 0.15) is 20.7 Å². The van der Waals surface area contributed by atoms with E-state index in [9.17, 15) is 9.59 Å². The van der Waals surface area contributed by atoms with E-state index < -0.39 is 11.8 Å². The van der Waals surface area contributed by atoms with Gasteiger partial charge in [0.25, 0.3) is 11.8 Å². The molecule has 2 amide bonds. The number of hydrogen-bond donors (Lipinski definition) is 7. The lowest BCUT2D eigenvalue weighted by Gasteiger charge is -2.09. The first-order valence-corrected chi connectivity index (χ1v) is 4.22. The van der Waals surface area contributed by atoms with Gasteiger partial charge in [-0.15, -0.1) is 0 Å². The van der Waals surface area contributed by atoms with Crippen molar-refractivity contribution in [2.24, 2.45) is 11.7 Å². The molecular weight excluding hydrogens is 230 g/mol. The van der Waals surface area contributed by atoms with Gasteiger partial charge in [0.1, 0.15) is 0 Å². The summed E-state index contributed by atoms with van der Waals surface area (Å²) in [6, 6.07) is 4.44. The van der Waals surface area contributed by atoms with E-state index in [4.69, 9.17) is 27.9 Å². The molecular formula is C8H13N5O4. The molecule has 0 aliphatic rings. The predicted molar refractivity (Wildman–Crippen MR) is 59.4 cm³/mol. The molecule has 1 rings (SSSR count). The second-order valence-corrected chi connectivity index (χ2v) is 2.72. The Hall–Kier alpha value is -2.20. The van der Waals surface area contributed by atoms with Crippen molar-refractivity contribution in [2.45, 2.75) is 0 Å². The van der Waals surface area contributed by atoms with Crippen molar-refractivity contribution >= 4 is 17.5 Å². The molecule has 94 valence electrons. The third-order valence-corrected chi connectivity index (χ3v) is 1.83. The van der Waals surface area contributed by atoms with Gasteiger partial charge in [-0.1, -0.05) is 6.07 Å². The van der Waals surface area contributed by atoms with Gasteiger partial charge in [-0.3, -0.25) is 31.0 Å². The molecule has 9 heteroatoms. The number of amides is 2. The lowest BCUT2D eigenvalue weighted by molar-refractivity contribution is -0.176. The average Bonchev–Trinajstić information content (AvgIpc) is 2.39. The summed E-state index contributed by atoms with van der Waals surface area (Å²) in [6.07, 6.45) is 0. The zero-order valence-electron chi connectivity index (χ0n) is 8.68. The third kappa shape index (κ3) is 3.39. The molecule has 0 aromatic heterocycles. The molecule has 0 atom stereocenters. The van der Waals surface area contributed by atoms with Gasteiger partial charge in [-0.25, -0.2) is 11.7 Å². The first-order chi connectivity index (χ1) is 8.11. The van der Waals surface area contributed by atoms with Gasteiger partial charge in [0.2, 0.25) is 0 Å². The lowest BCUT2D eigenvalue weighted by Crippen LogP contribution is -2.35. The first kappa shape index (κ1) is 14.8. The van der Waals surface area contributed by atoms with Crippen molar-refractivity contribution in [3.63, 3.8) is 0 Å². The van der Waals surface area contributed by atoms with Crippen LogP contribution in [-0.2, 0) is 0 Å². The Balaban J connectivity index is 0.00000121. The molecule has 1 aromatic carbocycles. The molecule has 0 spiro atoms. The van der Waals surface area contributed by atoms with Gasteiger partial charge in [0.15, 0.2) is 0 Å². The minimum atomic E-state index is -0.647. The van der Waals surface area contributed by atoms with Crippen LogP contribution >= 0.6 is 0 Å². The molecule has 0 radical (unpaired) electrons. The van der Waals surface area contributed by atoms with Crippen LogP contribution in [0.3, 0.4) is 0 Å². The fraction of sp³-hybridized carbons (Fsp3) is 0. The number of carbonyl (C=O) groups excluding carboxylic acids is 2. The van der Waals surface area contributed by atoms with Crippen LogP contribution in [0.25, 0.3) is 0 Å². The van der Waals surface area contributed by atoms with Gasteiger partial charge in [0.05, 0.1) is 11.1 Å². The molecule has 10 N–H and O–H groups in total. The van der Waals surface area contributed by atoms with E-state index in [-0.39, 0.29) is 16.8 Å². The Kier molecular flexibility index (Phi) is 6.21. The van der Waals surface area contributed by atoms with Crippen LogP contribution in [0.2, 0.25) is 0 Å². The van der Waals surface area contributed by atoms with E-state index >= 15 is 0 Å². The van der Waals surface area contributed by atoms with Crippen molar-refractivity contribution in [2.75, 3.05) is 5.73 Å². The molecule has 0 fully saturated rings. The molecule has 17 heavy (non-hydrogen) atoms. The molecule has 9 nitrogen and oxygen atoms in total. The predicted octanol–water partition coefficient (Wildman–Crippen LogP) is -1.51. The molecule has 0 aliphatic carbocycles. The smallest absolute Gasteiger partial charge is 0.268 e. The summed E-state index contributed by atoms with van der Waals surface area (Å²) < 4.78 is 0. The largest absolute Gasteiger partial charge is 0.398 e. The van der Waals surface area contributed by atoms with E-state index in [1.54, 1.807) is 0 Å². The fourth-order valence-electron chi connectivity index (χ4n) is 1.16. The minimum absolute atomic E-state index is 0.00273. The molecule has 0 unspecified atom stereocenters. The van der Waals surface area contributed by atoms with E-state index in [0.29, 0.717) is 0 Å². The monoisotopic (exact) mass is 243 g/mol. The van der Waals surface area contributed by atoms with Crippen LogP contribution < -0.4 is 28.3 Å². The highest BCUT2D eigenvalue weighted by atomic mass is 17.0. The summed E-state index contributed by atoms with van der Waals surface area (Å²) >= 11 is 0. The maximum atomic E-state index is 11.3. The second-order valence-electron chi connectivity index (χ2n) is 2.72. The summed E-state index contributed by atoms with van der Waals surface area (Å²) in [7, 11) is 0. The maximum absolute atomic E-state index is 11.3. The zero-order valence-corrected chi connectivity index (χ0v) is 8.68. The number of anilines is 1. The molecule has 0 heterocycles. The van der Waals surface area contributed by atoms with Crippen LogP contribution in [0.15, 0.2) is 18.2 Å². The molecule has 0 saturated carbocycles. The van der Waals surface area contributed by atoms with Crippen LogP contribution in [0.4, 0.5) is 5.69 Å². The van der Waals surface area contributed by atoms with Crippen molar-refractivity contribution in [3.05, 3.63) is 29.3 Å². The summed E-state index contributed by atoms with van der Waals surface area (Å²) in [6.45, 7) is 0. The molecule has 1 aromatic rings. The number of hydrogen-bond acceptors (Lipinski definition) is 7. The number of rotatable bonds is 2. The Labute approximate surface area is 96.1 Å². The Morgan fingerprint density at radius 2 is 1.59 bits per heavy atom. The number of nitrogens with two attached hydrogens (primary N) is 3. The Morgan fingerprint density at radius 1 is 1.06 bits per heavy atom. The van der Waals surface area contributed by atoms with Gasteiger partial charge < -0.3 is 5.73 Å². The van der Waals surface area contributed by atoms with E-state index in [0.717, 1.165) is 0 Å². The standard InChI is InChI=1S/C8H11N5O2.H2O2/c9-5-3-1-2-4(7(14)12-10)6(5)8(15)13-11;1-2/h1-3H,9-11H2,(H,12,14)(H,13,15);1-2H. The topological polar surface area (TPSA) is 177 Å². The number of carbonyl (C=O) groups is 2. The molecule has 0 bridgehead atoms. The highest BCUT2D eigenvalue weighted by molar-refractivity contribution is 6.10. The highest BCUT2D eigenvalue weighted by Gasteiger charge is 2.18. The van der Waals surface area contributed by atoms with Crippen molar-refractivity contribution < 1.29 is 20.1 Å². The van der Waals surface area contributed by atoms with E-state index in [1.807, 2.05) is 10.9 Å². The van der Waals surface area contributed by atoms with Crippen molar-refractivity contribution in [3.8, 4) is 0 Å². The molecule has 0 aliphatic heterocycles. The van der Waals surface area contributed by atoms with Gasteiger partial charge >= 0.3 is 0 Å². The first-order valence-electron chi connectivity index (χ1n) is 4.22. The van der Waals surface area contributed by atoms with Crippen molar-refractivity contribution in [1.82, 2.24) is 10.9 Å². The lowest BCUT2D eigenvalue weighted by atomic mass is 10.0. The quantitative estimate of drug-likeness (QED) is 0.108. The normalized spacial score (nSPS) is 8.71. The summed E-state index contributed by atoms with van der Waals surface area (Å²) in [4.78, 5) is 22.6. The van der Waals surface area contributed by atoms with Gasteiger partial charge in [-0.05, 0) is 12.1 Å². The maximum Gasteiger partial charge on any atom is 0.268 e. The summed E-state index contributed by atoms with van der Waals surface area (Å²) in [5.74, 6) is 8.67. The van der Waals surface area contributed by atoms with Gasteiger partial charge in [0, 0.05) is 5.69 Å². The highest BCUT2D eigenvalue weighted by Crippen LogP contribution is 2.16.